The van der Waals surface area contributed by atoms with Crippen LogP contribution in [-0.2, 0) is 38.0 Å². The summed E-state index contributed by atoms with van der Waals surface area (Å²) < 4.78 is 40.2. The fourth-order valence-corrected chi connectivity index (χ4v) is 18.0. The molecule has 1 aromatic heterocycles. The van der Waals surface area contributed by atoms with Crippen molar-refractivity contribution >= 4 is 35.1 Å². The first kappa shape index (κ1) is 70.7. The van der Waals surface area contributed by atoms with E-state index in [1.54, 1.807) is 53.4 Å². The van der Waals surface area contributed by atoms with E-state index in [9.17, 15) is 35.1 Å². The van der Waals surface area contributed by atoms with Gasteiger partial charge in [0.05, 0.1) is 66.1 Å². The molecule has 4 heterocycles. The number of hydrogen-bond acceptors (Lipinski definition) is 15. The highest BCUT2D eigenvalue weighted by atomic mass is 31.2. The molecular weight excluding hydrogens is 1100 g/mol. The first-order valence-electron chi connectivity index (χ1n) is 32.1. The molecule has 0 bridgehead atoms. The number of nitrogens with zero attached hydrogens (tertiary/aromatic N) is 4. The van der Waals surface area contributed by atoms with Crippen molar-refractivity contribution in [1.29, 1.82) is 0 Å². The van der Waals surface area contributed by atoms with Gasteiger partial charge in [-0.25, -0.2) is 0 Å². The van der Waals surface area contributed by atoms with Gasteiger partial charge in [-0.3, -0.25) is 14.3 Å². The topological polar surface area (TPSA) is 215 Å². The first-order valence-corrected chi connectivity index (χ1v) is 34.1. The Kier molecular flexibility index (Phi) is 26.9. The van der Waals surface area contributed by atoms with Crippen molar-refractivity contribution in [3.8, 4) is 0 Å². The van der Waals surface area contributed by atoms with Crippen LogP contribution in [0.3, 0.4) is 0 Å². The average Bonchev–Trinajstić information content (AvgIpc) is 2.25. The van der Waals surface area contributed by atoms with Gasteiger partial charge in [-0.1, -0.05) is 102 Å². The Morgan fingerprint density at radius 1 is 0.788 bits per heavy atom. The second-order valence-corrected chi connectivity index (χ2v) is 30.0. The number of amides is 1. The van der Waals surface area contributed by atoms with Gasteiger partial charge in [-0.2, -0.15) is 5.10 Å². The van der Waals surface area contributed by atoms with Crippen LogP contribution >= 0.6 is 7.26 Å². The van der Waals surface area contributed by atoms with Crippen LogP contribution in [0.25, 0.3) is 0 Å². The van der Waals surface area contributed by atoms with Gasteiger partial charge in [0.2, 0.25) is 5.91 Å². The van der Waals surface area contributed by atoms with Gasteiger partial charge in [-0.15, -0.1) is 0 Å². The third-order valence-electron chi connectivity index (χ3n) is 18.9. The van der Waals surface area contributed by atoms with E-state index in [4.69, 9.17) is 33.5 Å². The van der Waals surface area contributed by atoms with Crippen LogP contribution in [-0.4, -0.2) is 182 Å². The van der Waals surface area contributed by atoms with Crippen LogP contribution < -0.4 is 15.9 Å². The molecule has 0 unspecified atom stereocenters. The van der Waals surface area contributed by atoms with E-state index >= 15 is 0 Å². The minimum absolute atomic E-state index is 0.0785. The van der Waals surface area contributed by atoms with Crippen LogP contribution in [0.2, 0.25) is 0 Å². The summed E-state index contributed by atoms with van der Waals surface area (Å²) in [5.41, 5.74) is -2.78. The molecule has 18 atom stereocenters. The molecule has 0 radical (unpaired) electrons. The quantitative estimate of drug-likeness (QED) is 0.0323. The van der Waals surface area contributed by atoms with E-state index in [0.29, 0.717) is 12.8 Å². The van der Waals surface area contributed by atoms with Gasteiger partial charge >= 0.3 is 5.97 Å². The Morgan fingerprint density at radius 3 is 1.91 bits per heavy atom. The molecule has 5 N–H and O–H groups in total. The summed E-state index contributed by atoms with van der Waals surface area (Å²) in [5.74, 6) is -3.22. The number of aliphatic hydroxyl groups excluding tert-OH is 4. The van der Waals surface area contributed by atoms with Crippen LogP contribution in [0.5, 0.6) is 0 Å². The lowest BCUT2D eigenvalue weighted by molar-refractivity contribution is -0.318. The first-order chi connectivity index (χ1) is 40.3. The largest absolute Gasteiger partial charge is 0.459 e. The lowest BCUT2D eigenvalue weighted by Gasteiger charge is -2.48. The number of carbonyl (C=O) groups excluding carboxylic acids is 2. The molecule has 3 aliphatic heterocycles. The summed E-state index contributed by atoms with van der Waals surface area (Å²) in [6.07, 6.45) is 5.39. The predicted molar refractivity (Wildman–Crippen MR) is 336 cm³/mol. The highest BCUT2D eigenvalue weighted by molar-refractivity contribution is 7.95. The van der Waals surface area contributed by atoms with Crippen molar-refractivity contribution in [2.75, 3.05) is 33.9 Å². The Hall–Kier alpha value is -3.42. The number of benzene rings is 2. The SMILES string of the molecule is CC[C@H]1OC(=O)[C@H](C)[C@@H](O[C@H]2C[C@@](C)(OC)[C@@H](O)[C@H](C)O2)[C@H](C)[C@@H](O[C@@H]2O[C@H](C)C[C@H](N(C)C)[C@H]2O)[C@](C)(O)C[C@@H](C)CN(C(=O)CCCCCCCCCCCC[P+](c2ccccc2)(c2ccccc2)c2cnn(C(C)C)c2)[C@H](C)[C@@H](O)[C@@H]1O. The molecule has 0 spiro atoms. The van der Waals surface area contributed by atoms with E-state index in [-0.39, 0.29) is 56.3 Å². The summed E-state index contributed by atoms with van der Waals surface area (Å²) in [5, 5.41) is 68.7. The Morgan fingerprint density at radius 2 is 1.36 bits per heavy atom. The minimum Gasteiger partial charge on any atom is -0.459 e. The lowest BCUT2D eigenvalue weighted by Crippen LogP contribution is -2.60. The fourth-order valence-electron chi connectivity index (χ4n) is 13.7. The zero-order valence-electron chi connectivity index (χ0n) is 54.0. The maximum atomic E-state index is 14.6. The van der Waals surface area contributed by atoms with Crippen LogP contribution in [0.15, 0.2) is 73.1 Å². The lowest BCUT2D eigenvalue weighted by atomic mass is 9.77. The van der Waals surface area contributed by atoms with Gasteiger partial charge in [0, 0.05) is 44.5 Å². The zero-order valence-corrected chi connectivity index (χ0v) is 54.9. The van der Waals surface area contributed by atoms with E-state index in [0.717, 1.165) is 44.7 Å². The number of ether oxygens (including phenoxy) is 6. The molecule has 3 fully saturated rings. The maximum absolute atomic E-state index is 14.6. The molecule has 3 aromatic rings. The molecule has 0 aliphatic carbocycles. The van der Waals surface area contributed by atoms with Gasteiger partial charge in [-0.05, 0) is 138 Å². The smallest absolute Gasteiger partial charge is 0.311 e. The van der Waals surface area contributed by atoms with Crippen LogP contribution in [0, 0.1) is 17.8 Å². The molecule has 85 heavy (non-hydrogen) atoms. The molecule has 17 nitrogen and oxygen atoms in total. The van der Waals surface area contributed by atoms with E-state index < -0.39 is 110 Å². The van der Waals surface area contributed by atoms with Crippen LogP contribution in [0.4, 0.5) is 0 Å². The second kappa shape index (κ2) is 32.4. The summed E-state index contributed by atoms with van der Waals surface area (Å²) in [6, 6.07) is 21.2. The molecule has 480 valence electrons. The van der Waals surface area contributed by atoms with Gasteiger partial charge in [0.1, 0.15) is 53.7 Å². The minimum atomic E-state index is -1.93. The molecule has 6 rings (SSSR count). The highest BCUT2D eigenvalue weighted by Gasteiger charge is 2.53. The molecule has 1 amide bonds. The van der Waals surface area contributed by atoms with Gasteiger partial charge in [0.25, 0.3) is 0 Å². The van der Waals surface area contributed by atoms with Gasteiger partial charge < -0.3 is 63.8 Å². The van der Waals surface area contributed by atoms with Crippen molar-refractivity contribution < 1.29 is 63.5 Å². The molecule has 3 saturated heterocycles. The van der Waals surface area contributed by atoms with Crippen molar-refractivity contribution in [2.24, 2.45) is 17.8 Å². The van der Waals surface area contributed by atoms with Crippen molar-refractivity contribution in [1.82, 2.24) is 19.6 Å². The number of aliphatic hydroxyl groups is 5. The molecule has 0 saturated carbocycles. The summed E-state index contributed by atoms with van der Waals surface area (Å²) in [6.45, 7) is 20.4. The van der Waals surface area contributed by atoms with Gasteiger partial charge in [0.15, 0.2) is 12.6 Å². The number of rotatable bonds is 24. The van der Waals surface area contributed by atoms with Crippen molar-refractivity contribution in [3.63, 3.8) is 0 Å². The molecule has 3 aliphatic rings. The molecular formula is C67H110N4O13P+. The van der Waals surface area contributed by atoms with Crippen LogP contribution in [0.1, 0.15) is 179 Å². The van der Waals surface area contributed by atoms with Crippen molar-refractivity contribution in [2.45, 2.75) is 269 Å². The van der Waals surface area contributed by atoms with E-state index in [2.05, 4.69) is 91.6 Å². The normalized spacial score (nSPS) is 34.0. The fraction of sp³-hybridized carbons (Fsp3) is 0.746. The number of cyclic esters (lactones) is 1. The Balaban J connectivity index is 1.11. The Labute approximate surface area is 510 Å². The number of aromatic nitrogens is 2. The standard InChI is InChI=1S/C67H110N4O13P/c1-15-55-60(75)58(73)49(8)70(56(72)36-30-22-20-18-16-17-19-21-23-31-37-85(51-32-26-24-27-33-51,52-34-28-25-29-35-52)53-41-68-71(43-53)44(2)3)42-45(4)39-66(10,78)63(84-65-59(74)54(69(12)13)38-46(5)80-65)47(6)61(48(7)64(77)82-55)83-57-40-67(11,79-14)62(76)50(9)81-57/h24-29,32-35,41,43-50,54-55,57-63,65,73-76,78H,15-23,30-31,36-40,42H2,1-14H3/q+1/t45-,46-,47+,48-,49-,50+,54+,55-,57+,58-,59-,60-,61+,62+,63-,65+,66-,67-/m1/s1. The summed E-state index contributed by atoms with van der Waals surface area (Å²) in [7, 11) is 3.34. The number of esters is 1. The third-order valence-corrected chi connectivity index (χ3v) is 23.3. The molecule has 2 aromatic carbocycles. The average molecular weight is 1210 g/mol. The van der Waals surface area contributed by atoms with Crippen molar-refractivity contribution in [3.05, 3.63) is 73.1 Å². The summed E-state index contributed by atoms with van der Waals surface area (Å²) >= 11 is 0. The number of carbonyl (C=O) groups is 2. The summed E-state index contributed by atoms with van der Waals surface area (Å²) in [4.78, 5) is 32.6. The number of hydrogen-bond donors (Lipinski definition) is 5. The number of methoxy groups -OCH3 is 1. The molecule has 18 heteroatoms. The number of likely N-dealkylation sites (N-methyl/N-ethyl adjacent to an activating group) is 1. The monoisotopic (exact) mass is 1210 g/mol. The maximum Gasteiger partial charge on any atom is 0.311 e. The predicted octanol–water partition coefficient (Wildman–Crippen LogP) is 8.47. The van der Waals surface area contributed by atoms with E-state index in [1.807, 2.05) is 32.8 Å². The Bertz CT molecular complexity index is 2410. The zero-order chi connectivity index (χ0) is 62.4. The third kappa shape index (κ3) is 17.9. The highest BCUT2D eigenvalue weighted by Crippen LogP contribution is 2.56. The second-order valence-electron chi connectivity index (χ2n) is 26.4. The number of unbranched alkanes of at least 4 members (excludes halogenated alkanes) is 9. The van der Waals surface area contributed by atoms with E-state index in [1.165, 1.54) is 42.3 Å².